The first kappa shape index (κ1) is 22.5. The van der Waals surface area contributed by atoms with Crippen molar-refractivity contribution in [2.75, 3.05) is 0 Å². The molecule has 0 spiro atoms. The van der Waals surface area contributed by atoms with Gasteiger partial charge in [-0.25, -0.2) is 4.79 Å². The number of amides is 2. The second-order valence-corrected chi connectivity index (χ2v) is 6.59. The third-order valence-electron chi connectivity index (χ3n) is 4.24. The van der Waals surface area contributed by atoms with Crippen LogP contribution in [-0.4, -0.2) is 39.9 Å². The Morgan fingerprint density at radius 1 is 1.03 bits per heavy atom. The summed E-state index contributed by atoms with van der Waals surface area (Å²) in [6.07, 6.45) is -0.166. The molecule has 2 aromatic carbocycles. The summed E-state index contributed by atoms with van der Waals surface area (Å²) < 4.78 is 13.5. The summed E-state index contributed by atoms with van der Waals surface area (Å²) >= 11 is 0. The lowest BCUT2D eigenvalue weighted by atomic mass is 10.0. The number of carboxylic acid groups (broad SMARTS) is 1. The van der Waals surface area contributed by atoms with E-state index in [2.05, 4.69) is 10.6 Å². The van der Waals surface area contributed by atoms with Crippen molar-refractivity contribution in [3.05, 3.63) is 75.6 Å². The van der Waals surface area contributed by atoms with Gasteiger partial charge in [-0.3, -0.25) is 19.7 Å². The number of carbonyl (C=O) groups is 3. The molecule has 2 rings (SSSR count). The summed E-state index contributed by atoms with van der Waals surface area (Å²) in [5.74, 6) is -3.62. The Kier molecular flexibility index (Phi) is 7.56. The molecule has 0 fully saturated rings. The molecule has 0 saturated carbocycles. The molecule has 0 aliphatic rings. The van der Waals surface area contributed by atoms with E-state index in [1.807, 2.05) is 0 Å². The fourth-order valence-corrected chi connectivity index (χ4v) is 2.84. The van der Waals surface area contributed by atoms with E-state index in [9.17, 15) is 34.0 Å². The van der Waals surface area contributed by atoms with Crippen molar-refractivity contribution < 1.29 is 28.8 Å². The molecule has 3 N–H and O–H groups in total. The fraction of sp³-hybridized carbons (Fsp3) is 0.250. The number of carboxylic acids is 1. The lowest BCUT2D eigenvalue weighted by molar-refractivity contribution is -0.387. The predicted octanol–water partition coefficient (Wildman–Crippen LogP) is 1.59. The van der Waals surface area contributed by atoms with Crippen LogP contribution in [0, 0.1) is 15.9 Å². The Morgan fingerprint density at radius 3 is 2.23 bits per heavy atom. The molecular weight excluding hydrogens is 397 g/mol. The van der Waals surface area contributed by atoms with Gasteiger partial charge in [0.25, 0.3) is 0 Å². The van der Waals surface area contributed by atoms with Crippen LogP contribution in [0.5, 0.6) is 0 Å². The van der Waals surface area contributed by atoms with Gasteiger partial charge < -0.3 is 15.7 Å². The minimum Gasteiger partial charge on any atom is -0.480 e. The molecular formula is C20H20FN3O6. The molecule has 0 unspecified atom stereocenters. The number of nitrogens with zero attached hydrogens (tertiary/aromatic N) is 1. The van der Waals surface area contributed by atoms with Crippen LogP contribution in [-0.2, 0) is 27.2 Å². The van der Waals surface area contributed by atoms with Gasteiger partial charge >= 0.3 is 11.7 Å². The number of aliphatic carboxylic acids is 1. The Balaban J connectivity index is 2.17. The first-order valence-electron chi connectivity index (χ1n) is 8.94. The topological polar surface area (TPSA) is 139 Å². The van der Waals surface area contributed by atoms with Gasteiger partial charge in [-0.1, -0.05) is 36.4 Å². The van der Waals surface area contributed by atoms with Crippen LogP contribution in [0.4, 0.5) is 10.1 Å². The molecule has 2 aromatic rings. The summed E-state index contributed by atoms with van der Waals surface area (Å²) in [5.41, 5.74) is 0.130. The lowest BCUT2D eigenvalue weighted by Gasteiger charge is -2.21. The van der Waals surface area contributed by atoms with Gasteiger partial charge in [0.2, 0.25) is 17.6 Å². The van der Waals surface area contributed by atoms with E-state index in [1.165, 1.54) is 13.0 Å². The van der Waals surface area contributed by atoms with Crippen molar-refractivity contribution in [2.24, 2.45) is 0 Å². The number of benzene rings is 2. The summed E-state index contributed by atoms with van der Waals surface area (Å²) in [4.78, 5) is 45.7. The molecule has 2 atom stereocenters. The van der Waals surface area contributed by atoms with Crippen LogP contribution >= 0.6 is 0 Å². The molecule has 0 aliphatic heterocycles. The van der Waals surface area contributed by atoms with Crippen LogP contribution < -0.4 is 10.6 Å². The highest BCUT2D eigenvalue weighted by molar-refractivity contribution is 5.90. The highest BCUT2D eigenvalue weighted by Crippen LogP contribution is 2.19. The molecule has 2 amide bonds. The summed E-state index contributed by atoms with van der Waals surface area (Å²) in [5, 5.41) is 25.2. The molecule has 9 nitrogen and oxygen atoms in total. The molecule has 0 aromatic heterocycles. The van der Waals surface area contributed by atoms with Crippen LogP contribution in [0.2, 0.25) is 0 Å². The van der Waals surface area contributed by atoms with Crippen LogP contribution in [0.1, 0.15) is 18.1 Å². The molecule has 0 radical (unpaired) electrons. The van der Waals surface area contributed by atoms with Crippen LogP contribution in [0.25, 0.3) is 0 Å². The third-order valence-corrected chi connectivity index (χ3v) is 4.24. The molecule has 0 aliphatic carbocycles. The zero-order chi connectivity index (χ0) is 22.3. The van der Waals surface area contributed by atoms with Crippen molar-refractivity contribution in [3.8, 4) is 0 Å². The number of rotatable bonds is 9. The van der Waals surface area contributed by atoms with E-state index in [1.54, 1.807) is 30.3 Å². The van der Waals surface area contributed by atoms with Gasteiger partial charge in [0.05, 0.1) is 4.92 Å². The minimum atomic E-state index is -1.44. The maximum absolute atomic E-state index is 13.5. The summed E-state index contributed by atoms with van der Waals surface area (Å²) in [7, 11) is 0. The maximum atomic E-state index is 13.5. The van der Waals surface area contributed by atoms with E-state index < -0.39 is 46.3 Å². The standard InChI is InChI=1S/C20H20FN3O6/c1-12(25)22-16(9-13-5-3-2-4-6-13)19(26)23-17(20(27)28)10-14-7-8-15(21)18(11-14)24(29)30/h2-8,11,16-17H,9-10H2,1H3,(H,22,25)(H,23,26)(H,27,28)/t16-,17+/m0/s1. The zero-order valence-electron chi connectivity index (χ0n) is 16.0. The van der Waals surface area contributed by atoms with Crippen molar-refractivity contribution in [1.29, 1.82) is 0 Å². The first-order chi connectivity index (χ1) is 14.2. The monoisotopic (exact) mass is 417 g/mol. The van der Waals surface area contributed by atoms with E-state index in [-0.39, 0.29) is 18.4 Å². The SMILES string of the molecule is CC(=O)N[C@@H](Cc1ccccc1)C(=O)N[C@H](Cc1ccc(F)c([N+](=O)[O-])c1)C(=O)O. The van der Waals surface area contributed by atoms with Crippen molar-refractivity contribution in [2.45, 2.75) is 31.8 Å². The number of carbonyl (C=O) groups excluding carboxylic acids is 2. The zero-order valence-corrected chi connectivity index (χ0v) is 16.0. The number of nitro groups is 1. The van der Waals surface area contributed by atoms with Crippen molar-refractivity contribution >= 4 is 23.5 Å². The fourth-order valence-electron chi connectivity index (χ4n) is 2.84. The first-order valence-corrected chi connectivity index (χ1v) is 8.94. The Morgan fingerprint density at radius 2 is 1.67 bits per heavy atom. The summed E-state index contributed by atoms with van der Waals surface area (Å²) in [6.45, 7) is 1.23. The average Bonchev–Trinajstić information content (AvgIpc) is 2.68. The smallest absolute Gasteiger partial charge is 0.326 e. The van der Waals surface area contributed by atoms with Crippen LogP contribution in [0.3, 0.4) is 0 Å². The Hall–Kier alpha value is -3.82. The Bertz CT molecular complexity index is 951. The minimum absolute atomic E-state index is 0.139. The normalized spacial score (nSPS) is 12.5. The van der Waals surface area contributed by atoms with E-state index in [4.69, 9.17) is 0 Å². The average molecular weight is 417 g/mol. The Labute approximate surface area is 171 Å². The number of nitrogens with one attached hydrogen (secondary N) is 2. The highest BCUT2D eigenvalue weighted by Gasteiger charge is 2.27. The molecule has 30 heavy (non-hydrogen) atoms. The van der Waals surface area contributed by atoms with E-state index >= 15 is 0 Å². The van der Waals surface area contributed by atoms with Gasteiger partial charge in [0, 0.05) is 25.8 Å². The number of nitro benzene ring substituents is 1. The van der Waals surface area contributed by atoms with Gasteiger partial charge in [0.1, 0.15) is 12.1 Å². The largest absolute Gasteiger partial charge is 0.480 e. The molecule has 0 bridgehead atoms. The highest BCUT2D eigenvalue weighted by atomic mass is 19.1. The number of hydrogen-bond acceptors (Lipinski definition) is 5. The lowest BCUT2D eigenvalue weighted by Crippen LogP contribution is -2.52. The number of hydrogen-bond donors (Lipinski definition) is 3. The third kappa shape index (κ3) is 6.36. The summed E-state index contributed by atoms with van der Waals surface area (Å²) in [6, 6.07) is 9.38. The van der Waals surface area contributed by atoms with Gasteiger partial charge in [0.15, 0.2) is 0 Å². The van der Waals surface area contributed by atoms with E-state index in [0.717, 1.165) is 17.7 Å². The second-order valence-electron chi connectivity index (χ2n) is 6.59. The van der Waals surface area contributed by atoms with Gasteiger partial charge in [-0.05, 0) is 17.2 Å². The molecule has 158 valence electrons. The quantitative estimate of drug-likeness (QED) is 0.418. The van der Waals surface area contributed by atoms with Gasteiger partial charge in [-0.15, -0.1) is 0 Å². The molecule has 10 heteroatoms. The van der Waals surface area contributed by atoms with Crippen molar-refractivity contribution in [3.63, 3.8) is 0 Å². The predicted molar refractivity (Wildman–Crippen MR) is 104 cm³/mol. The maximum Gasteiger partial charge on any atom is 0.326 e. The molecule has 0 saturated heterocycles. The number of halogens is 1. The van der Waals surface area contributed by atoms with Crippen molar-refractivity contribution in [1.82, 2.24) is 10.6 Å². The van der Waals surface area contributed by atoms with Gasteiger partial charge in [-0.2, -0.15) is 4.39 Å². The van der Waals surface area contributed by atoms with E-state index in [0.29, 0.717) is 0 Å². The van der Waals surface area contributed by atoms with Crippen LogP contribution in [0.15, 0.2) is 48.5 Å². The molecule has 0 heterocycles. The second kappa shape index (κ2) is 10.1.